The van der Waals surface area contributed by atoms with E-state index in [1.165, 1.54) is 57.8 Å². The highest BCUT2D eigenvalue weighted by molar-refractivity contribution is 5.87. The summed E-state index contributed by atoms with van der Waals surface area (Å²) in [7, 11) is 0. The third-order valence-electron chi connectivity index (χ3n) is 8.28. The first kappa shape index (κ1) is 46.8. The quantitative estimate of drug-likeness (QED) is 0.0298. The molecule has 9 nitrogen and oxygen atoms in total. The van der Waals surface area contributed by atoms with Crippen molar-refractivity contribution < 1.29 is 34.1 Å². The average molecular weight is 703 g/mol. The van der Waals surface area contributed by atoms with Crippen molar-refractivity contribution in [2.75, 3.05) is 13.2 Å². The molecule has 0 aliphatic carbocycles. The van der Waals surface area contributed by atoms with Gasteiger partial charge in [-0.15, -0.1) is 0 Å². The van der Waals surface area contributed by atoms with Crippen LogP contribution >= 0.6 is 0 Å². The van der Waals surface area contributed by atoms with Crippen molar-refractivity contribution in [2.45, 2.75) is 174 Å². The number of aliphatic hydroxyl groups is 1. The summed E-state index contributed by atoms with van der Waals surface area (Å²) in [5, 5.41) is 22.5. The fourth-order valence-electron chi connectivity index (χ4n) is 5.21. The van der Waals surface area contributed by atoms with Crippen LogP contribution < -0.4 is 10.6 Å². The molecule has 0 saturated carbocycles. The predicted octanol–water partition coefficient (Wildman–Crippen LogP) is 8.81. The molecule has 0 aromatic rings. The van der Waals surface area contributed by atoms with E-state index < -0.39 is 24.5 Å². The largest absolute Gasteiger partial charge is 0.480 e. The fourth-order valence-corrected chi connectivity index (χ4v) is 5.21. The minimum Gasteiger partial charge on any atom is -0.480 e. The van der Waals surface area contributed by atoms with Crippen molar-refractivity contribution in [1.29, 1.82) is 0 Å². The van der Waals surface area contributed by atoms with Crippen LogP contribution in [0.2, 0.25) is 0 Å². The van der Waals surface area contributed by atoms with Gasteiger partial charge >= 0.3 is 11.9 Å². The van der Waals surface area contributed by atoms with Crippen molar-refractivity contribution in [3.63, 3.8) is 0 Å². The molecule has 0 aromatic heterocycles. The van der Waals surface area contributed by atoms with Gasteiger partial charge in [0.05, 0.1) is 13.2 Å². The lowest BCUT2D eigenvalue weighted by Gasteiger charge is -2.15. The molecule has 0 aromatic carbocycles. The first-order valence-electron chi connectivity index (χ1n) is 19.5. The number of carbonyl (C=O) groups is 4. The highest BCUT2D eigenvalue weighted by atomic mass is 16.5. The number of aliphatic hydroxyl groups excluding tert-OH is 1. The number of esters is 1. The highest BCUT2D eigenvalue weighted by Gasteiger charge is 2.18. The summed E-state index contributed by atoms with van der Waals surface area (Å²) in [5.74, 6) is -2.45. The van der Waals surface area contributed by atoms with Gasteiger partial charge in [-0.1, -0.05) is 121 Å². The SMILES string of the molecule is CCCC/C=C\C/C=C\C(CCCCCCC(=O)NCC(=O)NC(CO)C(=O)O)OC(=O)CCCCCCC/C=C\C/C=C\CCCCCC. The number of nitrogens with one attached hydrogen (secondary N) is 2. The van der Waals surface area contributed by atoms with E-state index in [0.717, 1.165) is 70.6 Å². The zero-order chi connectivity index (χ0) is 36.9. The van der Waals surface area contributed by atoms with Gasteiger partial charge < -0.3 is 25.6 Å². The molecule has 0 rings (SSSR count). The molecule has 4 N–H and O–H groups in total. The maximum Gasteiger partial charge on any atom is 0.328 e. The van der Waals surface area contributed by atoms with Crippen molar-refractivity contribution in [3.05, 3.63) is 48.6 Å². The first-order valence-corrected chi connectivity index (χ1v) is 19.5. The first-order chi connectivity index (χ1) is 24.3. The lowest BCUT2D eigenvalue weighted by Crippen LogP contribution is -2.47. The second kappa shape index (κ2) is 35.6. The average Bonchev–Trinajstić information content (AvgIpc) is 3.10. The summed E-state index contributed by atoms with van der Waals surface area (Å²) >= 11 is 0. The van der Waals surface area contributed by atoms with Crippen molar-refractivity contribution in [2.24, 2.45) is 0 Å². The van der Waals surface area contributed by atoms with Crippen molar-refractivity contribution >= 4 is 23.8 Å². The van der Waals surface area contributed by atoms with Gasteiger partial charge in [0.15, 0.2) is 0 Å². The fraction of sp³-hybridized carbons (Fsp3) is 0.707. The normalized spacial score (nSPS) is 13.0. The Balaban J connectivity index is 4.29. The van der Waals surface area contributed by atoms with Crippen LogP contribution in [0.15, 0.2) is 48.6 Å². The van der Waals surface area contributed by atoms with E-state index in [4.69, 9.17) is 14.9 Å². The van der Waals surface area contributed by atoms with E-state index >= 15 is 0 Å². The maximum absolute atomic E-state index is 12.6. The van der Waals surface area contributed by atoms with Crippen LogP contribution in [0.1, 0.15) is 162 Å². The van der Waals surface area contributed by atoms with Crippen LogP contribution in [0, 0.1) is 0 Å². The van der Waals surface area contributed by atoms with Gasteiger partial charge in [-0.2, -0.15) is 0 Å². The summed E-state index contributed by atoms with van der Waals surface area (Å²) in [6.45, 7) is 3.35. The van der Waals surface area contributed by atoms with Gasteiger partial charge in [-0.3, -0.25) is 14.4 Å². The molecule has 0 aliphatic rings. The molecule has 50 heavy (non-hydrogen) atoms. The van der Waals surface area contributed by atoms with Gasteiger partial charge in [0.2, 0.25) is 11.8 Å². The number of unbranched alkanes of at least 4 members (excludes halogenated alkanes) is 14. The molecular formula is C41H70N2O7. The molecule has 0 radical (unpaired) electrons. The number of ether oxygens (including phenoxy) is 1. The minimum absolute atomic E-state index is 0.145. The highest BCUT2D eigenvalue weighted by Crippen LogP contribution is 2.14. The van der Waals surface area contributed by atoms with Crippen LogP contribution in [0.4, 0.5) is 0 Å². The number of amides is 2. The summed E-state index contributed by atoms with van der Waals surface area (Å²) in [6, 6.07) is -1.39. The van der Waals surface area contributed by atoms with Gasteiger partial charge in [0.1, 0.15) is 12.1 Å². The van der Waals surface area contributed by atoms with Crippen molar-refractivity contribution in [1.82, 2.24) is 10.6 Å². The molecule has 0 aliphatic heterocycles. The molecule has 2 amide bonds. The molecule has 0 spiro atoms. The molecule has 0 bridgehead atoms. The number of hydrogen-bond acceptors (Lipinski definition) is 6. The Hall–Kier alpha value is -3.20. The lowest BCUT2D eigenvalue weighted by molar-refractivity contribution is -0.147. The molecule has 9 heteroatoms. The van der Waals surface area contributed by atoms with Gasteiger partial charge in [-0.25, -0.2) is 4.79 Å². The Morgan fingerprint density at radius 1 is 0.620 bits per heavy atom. The second-order valence-corrected chi connectivity index (χ2v) is 13.0. The minimum atomic E-state index is -1.39. The molecular weight excluding hydrogens is 632 g/mol. The summed E-state index contributed by atoms with van der Waals surface area (Å²) in [6.07, 6.45) is 40.2. The Bertz CT molecular complexity index is 989. The van der Waals surface area contributed by atoms with Crippen LogP contribution in [-0.2, 0) is 23.9 Å². The van der Waals surface area contributed by atoms with E-state index in [2.05, 4.69) is 67.0 Å². The lowest BCUT2D eigenvalue weighted by atomic mass is 10.1. The zero-order valence-corrected chi connectivity index (χ0v) is 31.4. The van der Waals surface area contributed by atoms with Gasteiger partial charge in [0.25, 0.3) is 0 Å². The molecule has 0 saturated heterocycles. The van der Waals surface area contributed by atoms with Crippen LogP contribution in [0.25, 0.3) is 0 Å². The van der Waals surface area contributed by atoms with E-state index in [-0.39, 0.29) is 30.9 Å². The van der Waals surface area contributed by atoms with E-state index in [1.54, 1.807) is 0 Å². The number of carboxylic acids is 1. The summed E-state index contributed by atoms with van der Waals surface area (Å²) < 4.78 is 5.85. The second-order valence-electron chi connectivity index (χ2n) is 13.0. The van der Waals surface area contributed by atoms with E-state index in [0.29, 0.717) is 12.8 Å². The Morgan fingerprint density at radius 3 is 1.78 bits per heavy atom. The third kappa shape index (κ3) is 32.0. The van der Waals surface area contributed by atoms with Crippen LogP contribution in [0.3, 0.4) is 0 Å². The number of allylic oxidation sites excluding steroid dienone is 7. The Morgan fingerprint density at radius 2 is 1.16 bits per heavy atom. The topological polar surface area (TPSA) is 142 Å². The van der Waals surface area contributed by atoms with Gasteiger partial charge in [0, 0.05) is 12.8 Å². The summed E-state index contributed by atoms with van der Waals surface area (Å²) in [5.41, 5.74) is 0. The Kier molecular flexibility index (Phi) is 33.3. The number of rotatable bonds is 34. The smallest absolute Gasteiger partial charge is 0.328 e. The standard InChI is InChI=1S/C41H70N2O7/c1-3-5-7-9-11-12-13-14-15-16-17-18-19-21-23-29-33-40(47)50-36(30-26-22-20-10-8-6-4-2)31-27-24-25-28-32-38(45)42-34-39(46)43-37(35-44)41(48)49/h10,12-13,15-16,20,26,30,36-37,44H,3-9,11,14,17-19,21-25,27-29,31-35H2,1-2H3,(H,42,45)(H,43,46)(H,48,49)/b13-12-,16-15-,20-10-,30-26-. The third-order valence-corrected chi connectivity index (χ3v) is 8.28. The maximum atomic E-state index is 12.6. The molecule has 286 valence electrons. The Labute approximate surface area is 303 Å². The zero-order valence-electron chi connectivity index (χ0n) is 31.4. The monoisotopic (exact) mass is 703 g/mol. The van der Waals surface area contributed by atoms with E-state index in [1.807, 2.05) is 6.08 Å². The number of aliphatic carboxylic acids is 1. The molecule has 0 fully saturated rings. The van der Waals surface area contributed by atoms with Crippen LogP contribution in [0.5, 0.6) is 0 Å². The van der Waals surface area contributed by atoms with Crippen LogP contribution in [-0.4, -0.2) is 59.3 Å². The molecule has 0 heterocycles. The van der Waals surface area contributed by atoms with Crippen molar-refractivity contribution in [3.8, 4) is 0 Å². The molecule has 2 unspecified atom stereocenters. The summed E-state index contributed by atoms with van der Waals surface area (Å²) in [4.78, 5) is 47.3. The van der Waals surface area contributed by atoms with Gasteiger partial charge in [-0.05, 0) is 76.7 Å². The number of hydrogen-bond donors (Lipinski definition) is 4. The number of carboxylic acid groups (broad SMARTS) is 1. The number of carbonyl (C=O) groups excluding carboxylic acids is 3. The van der Waals surface area contributed by atoms with E-state index in [9.17, 15) is 19.2 Å². The predicted molar refractivity (Wildman–Crippen MR) is 204 cm³/mol. The molecule has 2 atom stereocenters.